The fraction of sp³-hybridized carbons (Fsp3) is 0.333. The van der Waals surface area contributed by atoms with Crippen molar-refractivity contribution in [1.29, 1.82) is 0 Å². The van der Waals surface area contributed by atoms with Crippen molar-refractivity contribution in [1.82, 2.24) is 5.32 Å². The summed E-state index contributed by atoms with van der Waals surface area (Å²) in [5, 5.41) is 3.42. The fourth-order valence-electron chi connectivity index (χ4n) is 2.40. The molecule has 0 aromatic heterocycles. The minimum Gasteiger partial charge on any atom is -0.367 e. The molecule has 2 rings (SSSR count). The van der Waals surface area contributed by atoms with Crippen LogP contribution in [0.5, 0.6) is 0 Å². The Morgan fingerprint density at radius 1 is 0.900 bits per heavy atom. The van der Waals surface area contributed by atoms with Gasteiger partial charge in [0.25, 0.3) is 0 Å². The highest BCUT2D eigenvalue weighted by atomic mass is 15.1. The Morgan fingerprint density at radius 3 is 2.30 bits per heavy atom. The van der Waals surface area contributed by atoms with Crippen LogP contribution in [-0.2, 0) is 13.1 Å². The van der Waals surface area contributed by atoms with Gasteiger partial charge in [0.05, 0.1) is 0 Å². The first kappa shape index (κ1) is 14.6. The van der Waals surface area contributed by atoms with Gasteiger partial charge in [0, 0.05) is 25.3 Å². The largest absolute Gasteiger partial charge is 0.367 e. The third-order valence-electron chi connectivity index (χ3n) is 3.50. The molecule has 0 saturated carbocycles. The van der Waals surface area contributed by atoms with E-state index >= 15 is 0 Å². The number of hydrogen-bond donors (Lipinski definition) is 1. The van der Waals surface area contributed by atoms with Gasteiger partial charge in [0.1, 0.15) is 0 Å². The zero-order valence-electron chi connectivity index (χ0n) is 12.5. The lowest BCUT2D eigenvalue weighted by Crippen LogP contribution is -2.24. The Kier molecular flexibility index (Phi) is 5.63. The molecule has 2 aromatic rings. The normalized spacial score (nSPS) is 10.5. The molecule has 0 amide bonds. The second-order valence-electron chi connectivity index (χ2n) is 4.91. The zero-order chi connectivity index (χ0) is 14.2. The van der Waals surface area contributed by atoms with Crippen molar-refractivity contribution in [2.75, 3.05) is 18.0 Å². The van der Waals surface area contributed by atoms with Gasteiger partial charge in [0.15, 0.2) is 0 Å². The van der Waals surface area contributed by atoms with Crippen LogP contribution in [0.25, 0.3) is 0 Å². The van der Waals surface area contributed by atoms with Gasteiger partial charge in [-0.05, 0) is 30.7 Å². The van der Waals surface area contributed by atoms with E-state index < -0.39 is 0 Å². The van der Waals surface area contributed by atoms with E-state index in [1.807, 2.05) is 0 Å². The first-order valence-corrected chi connectivity index (χ1v) is 7.42. The van der Waals surface area contributed by atoms with Crippen molar-refractivity contribution in [2.45, 2.75) is 26.9 Å². The summed E-state index contributed by atoms with van der Waals surface area (Å²) in [7, 11) is 0. The molecule has 0 aliphatic heterocycles. The average molecular weight is 268 g/mol. The highest BCUT2D eigenvalue weighted by molar-refractivity contribution is 5.54. The molecule has 0 aliphatic rings. The van der Waals surface area contributed by atoms with Gasteiger partial charge in [0.2, 0.25) is 0 Å². The minimum atomic E-state index is 0.929. The van der Waals surface area contributed by atoms with Crippen LogP contribution in [0.15, 0.2) is 54.6 Å². The predicted molar refractivity (Wildman–Crippen MR) is 87.0 cm³/mol. The summed E-state index contributed by atoms with van der Waals surface area (Å²) in [5.74, 6) is 0. The maximum atomic E-state index is 3.42. The Bertz CT molecular complexity index is 508. The van der Waals surface area contributed by atoms with Crippen LogP contribution >= 0.6 is 0 Å². The number of nitrogens with zero attached hydrogens (tertiary/aromatic N) is 1. The molecule has 106 valence electrons. The van der Waals surface area contributed by atoms with Crippen molar-refractivity contribution in [3.05, 3.63) is 65.7 Å². The smallest absolute Gasteiger partial charge is 0.0429 e. The first-order valence-electron chi connectivity index (χ1n) is 7.42. The van der Waals surface area contributed by atoms with Crippen molar-refractivity contribution in [2.24, 2.45) is 0 Å². The van der Waals surface area contributed by atoms with Crippen LogP contribution in [0.1, 0.15) is 25.0 Å². The summed E-state index contributed by atoms with van der Waals surface area (Å²) in [6.45, 7) is 8.26. The Labute approximate surface area is 122 Å². The second kappa shape index (κ2) is 7.71. The monoisotopic (exact) mass is 268 g/mol. The van der Waals surface area contributed by atoms with E-state index in [2.05, 4.69) is 78.7 Å². The van der Waals surface area contributed by atoms with Gasteiger partial charge in [-0.2, -0.15) is 0 Å². The molecule has 0 bridgehead atoms. The van der Waals surface area contributed by atoms with Crippen molar-refractivity contribution < 1.29 is 0 Å². The van der Waals surface area contributed by atoms with E-state index in [1.54, 1.807) is 0 Å². The Balaban J connectivity index is 2.18. The average Bonchev–Trinajstić information content (AvgIpc) is 2.52. The van der Waals surface area contributed by atoms with E-state index in [0.29, 0.717) is 0 Å². The Morgan fingerprint density at radius 2 is 1.60 bits per heavy atom. The first-order chi connectivity index (χ1) is 9.85. The summed E-state index contributed by atoms with van der Waals surface area (Å²) in [6, 6.07) is 19.3. The van der Waals surface area contributed by atoms with Crippen LogP contribution in [0.3, 0.4) is 0 Å². The molecule has 0 spiro atoms. The van der Waals surface area contributed by atoms with E-state index in [1.165, 1.54) is 16.8 Å². The SMILES string of the molecule is CCNCc1ccccc1N(CC)Cc1ccccc1. The molecule has 0 unspecified atom stereocenters. The highest BCUT2D eigenvalue weighted by Crippen LogP contribution is 2.22. The van der Waals surface area contributed by atoms with Gasteiger partial charge in [-0.15, -0.1) is 0 Å². The van der Waals surface area contributed by atoms with Gasteiger partial charge in [-0.1, -0.05) is 55.5 Å². The zero-order valence-corrected chi connectivity index (χ0v) is 12.5. The van der Waals surface area contributed by atoms with Crippen molar-refractivity contribution in [3.63, 3.8) is 0 Å². The van der Waals surface area contributed by atoms with Crippen LogP contribution in [0, 0.1) is 0 Å². The number of anilines is 1. The number of hydrogen-bond acceptors (Lipinski definition) is 2. The van der Waals surface area contributed by atoms with Gasteiger partial charge >= 0.3 is 0 Å². The van der Waals surface area contributed by atoms with Crippen LogP contribution in [0.2, 0.25) is 0 Å². The number of rotatable bonds is 7. The van der Waals surface area contributed by atoms with E-state index in [4.69, 9.17) is 0 Å². The Hall–Kier alpha value is -1.80. The second-order valence-corrected chi connectivity index (χ2v) is 4.91. The molecule has 0 aliphatic carbocycles. The predicted octanol–water partition coefficient (Wildman–Crippen LogP) is 3.82. The molecular formula is C18H24N2. The van der Waals surface area contributed by atoms with Crippen LogP contribution in [0.4, 0.5) is 5.69 Å². The van der Waals surface area contributed by atoms with Crippen molar-refractivity contribution in [3.8, 4) is 0 Å². The summed E-state index contributed by atoms with van der Waals surface area (Å²) < 4.78 is 0. The number of para-hydroxylation sites is 1. The molecule has 0 radical (unpaired) electrons. The standard InChI is InChI=1S/C18H24N2/c1-3-19-14-17-12-8-9-13-18(17)20(4-2)15-16-10-6-5-7-11-16/h5-13,19H,3-4,14-15H2,1-2H3. The molecular weight excluding hydrogens is 244 g/mol. The van der Waals surface area contributed by atoms with E-state index in [9.17, 15) is 0 Å². The summed E-state index contributed by atoms with van der Waals surface area (Å²) >= 11 is 0. The third-order valence-corrected chi connectivity index (χ3v) is 3.50. The molecule has 0 atom stereocenters. The van der Waals surface area contributed by atoms with Crippen LogP contribution < -0.4 is 10.2 Å². The lowest BCUT2D eigenvalue weighted by atomic mass is 10.1. The summed E-state index contributed by atoms with van der Waals surface area (Å²) in [4.78, 5) is 2.43. The van der Waals surface area contributed by atoms with E-state index in [-0.39, 0.29) is 0 Å². The topological polar surface area (TPSA) is 15.3 Å². The summed E-state index contributed by atoms with van der Waals surface area (Å²) in [5.41, 5.74) is 4.06. The highest BCUT2D eigenvalue weighted by Gasteiger charge is 2.09. The summed E-state index contributed by atoms with van der Waals surface area (Å²) in [6.07, 6.45) is 0. The van der Waals surface area contributed by atoms with Gasteiger partial charge in [-0.3, -0.25) is 0 Å². The van der Waals surface area contributed by atoms with Gasteiger partial charge in [-0.25, -0.2) is 0 Å². The third kappa shape index (κ3) is 3.84. The lowest BCUT2D eigenvalue weighted by Gasteiger charge is -2.26. The fourth-order valence-corrected chi connectivity index (χ4v) is 2.40. The maximum Gasteiger partial charge on any atom is 0.0429 e. The quantitative estimate of drug-likeness (QED) is 0.821. The number of benzene rings is 2. The molecule has 1 N–H and O–H groups in total. The molecule has 2 heteroatoms. The molecule has 2 nitrogen and oxygen atoms in total. The molecule has 2 aromatic carbocycles. The van der Waals surface area contributed by atoms with Crippen LogP contribution in [-0.4, -0.2) is 13.1 Å². The van der Waals surface area contributed by atoms with Gasteiger partial charge < -0.3 is 10.2 Å². The molecule has 0 heterocycles. The molecule has 20 heavy (non-hydrogen) atoms. The lowest BCUT2D eigenvalue weighted by molar-refractivity contribution is 0.719. The molecule has 0 fully saturated rings. The minimum absolute atomic E-state index is 0.929. The molecule has 0 saturated heterocycles. The number of nitrogens with one attached hydrogen (secondary N) is 1. The van der Waals surface area contributed by atoms with E-state index in [0.717, 1.165) is 26.2 Å². The van der Waals surface area contributed by atoms with Crippen molar-refractivity contribution >= 4 is 5.69 Å². The maximum absolute atomic E-state index is 3.42.